The first-order valence-electron chi connectivity index (χ1n) is 11.4. The maximum Gasteiger partial charge on any atom is 0.328 e. The molecule has 10 heteroatoms. The number of benzene rings is 1. The van der Waals surface area contributed by atoms with Gasteiger partial charge in [0.05, 0.1) is 34.2 Å². The van der Waals surface area contributed by atoms with E-state index in [2.05, 4.69) is 41.0 Å². The van der Waals surface area contributed by atoms with Gasteiger partial charge in [-0.25, -0.2) is 14.8 Å². The van der Waals surface area contributed by atoms with E-state index in [1.807, 2.05) is 18.2 Å². The zero-order chi connectivity index (χ0) is 24.7. The number of hydrogen-bond acceptors (Lipinski definition) is 7. The van der Waals surface area contributed by atoms with Gasteiger partial charge in [0.15, 0.2) is 0 Å². The molecule has 35 heavy (non-hydrogen) atoms. The second-order valence-corrected chi connectivity index (χ2v) is 11.0. The highest BCUT2D eigenvalue weighted by atomic mass is 35.5. The third-order valence-corrected chi connectivity index (χ3v) is 7.49. The Hall–Kier alpha value is -2.85. The van der Waals surface area contributed by atoms with E-state index < -0.39 is 5.69 Å². The Labute approximate surface area is 211 Å². The Kier molecular flexibility index (Phi) is 6.35. The summed E-state index contributed by atoms with van der Waals surface area (Å²) < 4.78 is 8.40. The molecule has 8 nitrogen and oxygen atoms in total. The van der Waals surface area contributed by atoms with Crippen LogP contribution in [0.4, 0.5) is 0 Å². The summed E-state index contributed by atoms with van der Waals surface area (Å²) in [5.74, 6) is 0. The molecule has 1 atom stereocenters. The molecule has 5 rings (SSSR count). The zero-order valence-corrected chi connectivity index (χ0v) is 21.3. The first kappa shape index (κ1) is 23.9. The normalized spacial score (nSPS) is 17.7. The van der Waals surface area contributed by atoms with Crippen molar-refractivity contribution in [2.45, 2.75) is 45.4 Å². The molecule has 1 aliphatic rings. The fraction of sp³-hybridized carbons (Fsp3) is 0.360. The van der Waals surface area contributed by atoms with Crippen molar-refractivity contribution < 1.29 is 4.74 Å². The second-order valence-electron chi connectivity index (χ2n) is 9.44. The summed E-state index contributed by atoms with van der Waals surface area (Å²) in [5, 5.41) is 4.10. The van der Waals surface area contributed by atoms with Crippen LogP contribution in [-0.2, 0) is 17.7 Å². The molecule has 2 N–H and O–H groups in total. The SMILES string of the molecule is Cc1cc(Cl)cc(-c2ncnc3cc(Cn4c(=O)cc[nH]c4=O)sc23)c1CC1CNCC(C)(C)O1. The summed E-state index contributed by atoms with van der Waals surface area (Å²) in [6.07, 6.45) is 3.63. The summed E-state index contributed by atoms with van der Waals surface area (Å²) in [4.78, 5) is 36.8. The summed E-state index contributed by atoms with van der Waals surface area (Å²) >= 11 is 7.97. The molecule has 0 amide bonds. The molecule has 182 valence electrons. The molecule has 1 unspecified atom stereocenters. The first-order valence-corrected chi connectivity index (χ1v) is 12.6. The maximum absolute atomic E-state index is 12.2. The van der Waals surface area contributed by atoms with Crippen molar-refractivity contribution in [2.75, 3.05) is 13.1 Å². The van der Waals surface area contributed by atoms with E-state index in [1.54, 1.807) is 0 Å². The number of nitrogens with one attached hydrogen (secondary N) is 2. The Morgan fingerprint density at radius 1 is 1.26 bits per heavy atom. The average molecular weight is 512 g/mol. The zero-order valence-electron chi connectivity index (χ0n) is 19.7. The van der Waals surface area contributed by atoms with Gasteiger partial charge in [0, 0.05) is 47.2 Å². The van der Waals surface area contributed by atoms with Gasteiger partial charge in [-0.2, -0.15) is 0 Å². The molecular formula is C25H26ClN5O3S. The number of hydrogen-bond donors (Lipinski definition) is 2. The summed E-state index contributed by atoms with van der Waals surface area (Å²) in [6.45, 7) is 7.98. The number of nitrogens with zero attached hydrogens (tertiary/aromatic N) is 3. The van der Waals surface area contributed by atoms with Gasteiger partial charge >= 0.3 is 5.69 Å². The third-order valence-electron chi connectivity index (χ3n) is 6.15. The van der Waals surface area contributed by atoms with Gasteiger partial charge in [0.25, 0.3) is 5.56 Å². The second kappa shape index (κ2) is 9.31. The van der Waals surface area contributed by atoms with E-state index in [0.717, 1.165) is 50.6 Å². The number of aryl methyl sites for hydroxylation is 1. The third kappa shape index (κ3) is 4.95. The van der Waals surface area contributed by atoms with Gasteiger partial charge in [-0.1, -0.05) is 11.6 Å². The minimum atomic E-state index is -0.446. The number of halogens is 1. The molecule has 1 aromatic carbocycles. The highest BCUT2D eigenvalue weighted by molar-refractivity contribution is 7.19. The maximum atomic E-state index is 12.2. The highest BCUT2D eigenvalue weighted by Gasteiger charge is 2.29. The minimum Gasteiger partial charge on any atom is -0.369 e. The van der Waals surface area contributed by atoms with Crippen LogP contribution in [-0.4, -0.2) is 44.3 Å². The van der Waals surface area contributed by atoms with Crippen LogP contribution < -0.4 is 16.6 Å². The molecule has 0 saturated carbocycles. The van der Waals surface area contributed by atoms with Crippen LogP contribution in [0.5, 0.6) is 0 Å². The largest absolute Gasteiger partial charge is 0.369 e. The molecule has 1 aliphatic heterocycles. The predicted octanol–water partition coefficient (Wildman–Crippen LogP) is 3.53. The van der Waals surface area contributed by atoms with Crippen LogP contribution in [0.1, 0.15) is 29.9 Å². The Bertz CT molecular complexity index is 1500. The fourth-order valence-corrected chi connectivity index (χ4v) is 5.97. The van der Waals surface area contributed by atoms with E-state index in [9.17, 15) is 9.59 Å². The average Bonchev–Trinajstić information content (AvgIpc) is 3.20. The Balaban J connectivity index is 1.57. The van der Waals surface area contributed by atoms with E-state index in [0.29, 0.717) is 11.4 Å². The Morgan fingerprint density at radius 3 is 2.86 bits per heavy atom. The van der Waals surface area contributed by atoms with Crippen molar-refractivity contribution in [3.8, 4) is 11.3 Å². The van der Waals surface area contributed by atoms with Crippen molar-refractivity contribution >= 4 is 33.2 Å². The number of aromatic nitrogens is 4. The summed E-state index contributed by atoms with van der Waals surface area (Å²) in [7, 11) is 0. The minimum absolute atomic E-state index is 0.0188. The van der Waals surface area contributed by atoms with Gasteiger partial charge in [-0.3, -0.25) is 9.36 Å². The lowest BCUT2D eigenvalue weighted by atomic mass is 9.93. The monoisotopic (exact) mass is 511 g/mol. The smallest absolute Gasteiger partial charge is 0.328 e. The number of aromatic amines is 1. The lowest BCUT2D eigenvalue weighted by Crippen LogP contribution is -2.51. The molecule has 1 saturated heterocycles. The number of ether oxygens (including phenoxy) is 1. The molecule has 3 aromatic heterocycles. The van der Waals surface area contributed by atoms with Gasteiger partial charge in [-0.05, 0) is 50.1 Å². The number of thiophene rings is 1. The van der Waals surface area contributed by atoms with Gasteiger partial charge < -0.3 is 15.0 Å². The van der Waals surface area contributed by atoms with Crippen molar-refractivity contribution in [3.63, 3.8) is 0 Å². The molecule has 0 aliphatic carbocycles. The lowest BCUT2D eigenvalue weighted by Gasteiger charge is -2.37. The number of morpholine rings is 1. The fourth-order valence-electron chi connectivity index (χ4n) is 4.60. The van der Waals surface area contributed by atoms with Crippen molar-refractivity contribution in [1.29, 1.82) is 0 Å². The standard InChI is InChI=1S/C25H26ClN5O3S/c1-14-6-15(26)7-19(18(14)8-16-10-27-12-25(2,3)34-16)22-23-20(29-13-30-22)9-17(35-23)11-31-21(32)4-5-28-24(31)33/h4-7,9,13,16,27H,8,10-12H2,1-3H3,(H,28,33). The number of rotatable bonds is 5. The predicted molar refractivity (Wildman–Crippen MR) is 139 cm³/mol. The molecular weight excluding hydrogens is 486 g/mol. The van der Waals surface area contributed by atoms with E-state index in [1.165, 1.54) is 34.5 Å². The topological polar surface area (TPSA) is 102 Å². The van der Waals surface area contributed by atoms with Crippen LogP contribution >= 0.6 is 22.9 Å². The molecule has 0 spiro atoms. The molecule has 0 bridgehead atoms. The molecule has 1 fully saturated rings. The van der Waals surface area contributed by atoms with Gasteiger partial charge in [-0.15, -0.1) is 11.3 Å². The van der Waals surface area contributed by atoms with E-state index in [-0.39, 0.29) is 23.8 Å². The summed E-state index contributed by atoms with van der Waals surface area (Å²) in [6, 6.07) is 7.15. The first-order chi connectivity index (χ1) is 16.7. The van der Waals surface area contributed by atoms with Crippen LogP contribution in [0.2, 0.25) is 5.02 Å². The van der Waals surface area contributed by atoms with Crippen LogP contribution in [0.3, 0.4) is 0 Å². The molecule has 0 radical (unpaired) electrons. The van der Waals surface area contributed by atoms with Gasteiger partial charge in [0.1, 0.15) is 6.33 Å². The highest BCUT2D eigenvalue weighted by Crippen LogP contribution is 2.37. The van der Waals surface area contributed by atoms with Crippen molar-refractivity contribution in [2.24, 2.45) is 0 Å². The van der Waals surface area contributed by atoms with E-state index >= 15 is 0 Å². The van der Waals surface area contributed by atoms with Crippen molar-refractivity contribution in [3.05, 3.63) is 78.7 Å². The van der Waals surface area contributed by atoms with Crippen molar-refractivity contribution in [1.82, 2.24) is 24.8 Å². The number of H-pyrrole nitrogens is 1. The van der Waals surface area contributed by atoms with E-state index in [4.69, 9.17) is 16.3 Å². The Morgan fingerprint density at radius 2 is 2.09 bits per heavy atom. The lowest BCUT2D eigenvalue weighted by molar-refractivity contribution is -0.0928. The molecule has 4 aromatic rings. The van der Waals surface area contributed by atoms with Gasteiger partial charge in [0.2, 0.25) is 0 Å². The quantitative estimate of drug-likeness (QED) is 0.425. The van der Waals surface area contributed by atoms with Crippen LogP contribution in [0.15, 0.2) is 46.4 Å². The van der Waals surface area contributed by atoms with Crippen LogP contribution in [0, 0.1) is 6.92 Å². The molecule has 4 heterocycles. The summed E-state index contributed by atoms with van der Waals surface area (Å²) in [5.41, 5.74) is 3.65. The van der Waals surface area contributed by atoms with Crippen LogP contribution in [0.25, 0.3) is 21.5 Å². The number of fused-ring (bicyclic) bond motifs is 1.